The predicted molar refractivity (Wildman–Crippen MR) is 106 cm³/mol. The number of nitrogens with one attached hydrogen (secondary N) is 1. The van der Waals surface area contributed by atoms with Crippen molar-refractivity contribution < 1.29 is 8.42 Å². The van der Waals surface area contributed by atoms with E-state index in [-0.39, 0.29) is 0 Å². The van der Waals surface area contributed by atoms with Crippen molar-refractivity contribution in [3.63, 3.8) is 0 Å². The van der Waals surface area contributed by atoms with E-state index in [0.717, 1.165) is 48.1 Å². The highest BCUT2D eigenvalue weighted by Crippen LogP contribution is 2.34. The van der Waals surface area contributed by atoms with Crippen molar-refractivity contribution in [2.24, 2.45) is 0 Å². The van der Waals surface area contributed by atoms with Crippen LogP contribution in [0.25, 0.3) is 10.9 Å². The van der Waals surface area contributed by atoms with E-state index < -0.39 is 10.0 Å². The molecule has 6 heteroatoms. The van der Waals surface area contributed by atoms with Crippen molar-refractivity contribution >= 4 is 32.3 Å². The zero-order chi connectivity index (χ0) is 18.1. The summed E-state index contributed by atoms with van der Waals surface area (Å²) >= 11 is 0. The molecule has 1 aliphatic heterocycles. The van der Waals surface area contributed by atoms with Gasteiger partial charge < -0.3 is 4.90 Å². The van der Waals surface area contributed by atoms with Gasteiger partial charge in [-0.05, 0) is 42.2 Å². The Morgan fingerprint density at radius 1 is 1.12 bits per heavy atom. The summed E-state index contributed by atoms with van der Waals surface area (Å²) in [5.74, 6) is 0. The Morgan fingerprint density at radius 3 is 2.77 bits per heavy atom. The summed E-state index contributed by atoms with van der Waals surface area (Å²) in [4.78, 5) is 6.87. The fourth-order valence-electron chi connectivity index (χ4n) is 3.66. The van der Waals surface area contributed by atoms with E-state index in [1.807, 2.05) is 24.4 Å². The van der Waals surface area contributed by atoms with E-state index in [1.54, 1.807) is 0 Å². The second-order valence-electron chi connectivity index (χ2n) is 6.69. The van der Waals surface area contributed by atoms with Gasteiger partial charge in [0.1, 0.15) is 0 Å². The van der Waals surface area contributed by atoms with Crippen LogP contribution in [-0.4, -0.2) is 26.2 Å². The number of hydrogen-bond donors (Lipinski definition) is 1. The van der Waals surface area contributed by atoms with E-state index in [9.17, 15) is 8.42 Å². The summed E-state index contributed by atoms with van der Waals surface area (Å²) in [6, 6.07) is 16.1. The van der Waals surface area contributed by atoms with Crippen LogP contribution in [0.3, 0.4) is 0 Å². The van der Waals surface area contributed by atoms with Gasteiger partial charge in [-0.25, -0.2) is 8.42 Å². The lowest BCUT2D eigenvalue weighted by Crippen LogP contribution is -2.29. The van der Waals surface area contributed by atoms with E-state index >= 15 is 0 Å². The van der Waals surface area contributed by atoms with Crippen molar-refractivity contribution in [3.05, 3.63) is 65.9 Å². The van der Waals surface area contributed by atoms with Crippen molar-refractivity contribution in [2.75, 3.05) is 22.4 Å². The largest absolute Gasteiger partial charge is 0.367 e. The van der Waals surface area contributed by atoms with Gasteiger partial charge in [-0.15, -0.1) is 0 Å². The van der Waals surface area contributed by atoms with Gasteiger partial charge >= 0.3 is 0 Å². The number of benzene rings is 2. The molecule has 0 unspecified atom stereocenters. The molecule has 0 amide bonds. The predicted octanol–water partition coefficient (Wildman–Crippen LogP) is 3.56. The Balaban J connectivity index is 1.71. The molecule has 5 nitrogen and oxygen atoms in total. The van der Waals surface area contributed by atoms with Crippen LogP contribution in [0.4, 0.5) is 11.4 Å². The second kappa shape index (κ2) is 6.61. The summed E-state index contributed by atoms with van der Waals surface area (Å²) in [5.41, 5.74) is 5.05. The molecule has 0 spiro atoms. The number of fused-ring (bicyclic) bond motifs is 2. The molecule has 2 heterocycles. The summed E-state index contributed by atoms with van der Waals surface area (Å²) in [7, 11) is -3.29. The number of rotatable bonds is 4. The van der Waals surface area contributed by atoms with Crippen LogP contribution in [0, 0.1) is 0 Å². The number of aromatic nitrogens is 1. The summed E-state index contributed by atoms with van der Waals surface area (Å²) in [5, 5.41) is 1.13. The fourth-order valence-corrected chi connectivity index (χ4v) is 4.25. The van der Waals surface area contributed by atoms with Crippen LogP contribution in [-0.2, 0) is 23.0 Å². The van der Waals surface area contributed by atoms with E-state index in [1.165, 1.54) is 11.8 Å². The van der Waals surface area contributed by atoms with E-state index in [4.69, 9.17) is 0 Å². The Morgan fingerprint density at radius 2 is 1.92 bits per heavy atom. The smallest absolute Gasteiger partial charge is 0.229 e. The van der Waals surface area contributed by atoms with Crippen LogP contribution < -0.4 is 9.62 Å². The van der Waals surface area contributed by atoms with Crippen LogP contribution in [0.2, 0.25) is 0 Å². The molecule has 0 atom stereocenters. The zero-order valence-electron chi connectivity index (χ0n) is 14.6. The molecule has 0 aliphatic carbocycles. The van der Waals surface area contributed by atoms with Gasteiger partial charge in [-0.2, -0.15) is 0 Å². The quantitative estimate of drug-likeness (QED) is 0.766. The Bertz CT molecular complexity index is 1060. The Hall–Kier alpha value is -2.60. The first-order valence-corrected chi connectivity index (χ1v) is 10.6. The molecule has 26 heavy (non-hydrogen) atoms. The van der Waals surface area contributed by atoms with Gasteiger partial charge in [-0.3, -0.25) is 9.71 Å². The van der Waals surface area contributed by atoms with Crippen LogP contribution in [0.15, 0.2) is 54.7 Å². The van der Waals surface area contributed by atoms with Gasteiger partial charge in [0.25, 0.3) is 0 Å². The average molecular weight is 367 g/mol. The molecule has 0 bridgehead atoms. The van der Waals surface area contributed by atoms with Crippen LogP contribution >= 0.6 is 0 Å². The molecule has 2 aromatic carbocycles. The molecule has 1 N–H and O–H groups in total. The van der Waals surface area contributed by atoms with Crippen molar-refractivity contribution in [3.8, 4) is 0 Å². The minimum atomic E-state index is -3.29. The third-order valence-electron chi connectivity index (χ3n) is 4.72. The first-order valence-electron chi connectivity index (χ1n) is 8.68. The molecule has 3 aromatic rings. The molecular formula is C20H21N3O2S. The molecule has 4 rings (SSSR count). The lowest BCUT2D eigenvalue weighted by atomic mass is 9.99. The topological polar surface area (TPSA) is 62.3 Å². The SMILES string of the molecule is CS(=O)(=O)Nc1cccc2c1CCCN2Cc1cccc2cccnc12. The lowest BCUT2D eigenvalue weighted by molar-refractivity contribution is 0.606. The number of para-hydroxylation sites is 1. The van der Waals surface area contributed by atoms with Gasteiger partial charge in [-0.1, -0.05) is 30.3 Å². The molecule has 1 aromatic heterocycles. The van der Waals surface area contributed by atoms with Gasteiger partial charge in [0.2, 0.25) is 10.0 Å². The molecular weight excluding hydrogens is 346 g/mol. The summed E-state index contributed by atoms with van der Waals surface area (Å²) in [6.45, 7) is 1.70. The third kappa shape index (κ3) is 3.37. The van der Waals surface area contributed by atoms with E-state index in [0.29, 0.717) is 5.69 Å². The van der Waals surface area contributed by atoms with Crippen LogP contribution in [0.1, 0.15) is 17.5 Å². The maximum Gasteiger partial charge on any atom is 0.229 e. The maximum atomic E-state index is 11.7. The third-order valence-corrected chi connectivity index (χ3v) is 5.31. The summed E-state index contributed by atoms with van der Waals surface area (Å²) in [6.07, 6.45) is 4.88. The van der Waals surface area contributed by atoms with Gasteiger partial charge in [0.05, 0.1) is 17.5 Å². The van der Waals surface area contributed by atoms with Crippen molar-refractivity contribution in [2.45, 2.75) is 19.4 Å². The molecule has 0 saturated carbocycles. The summed E-state index contributed by atoms with van der Waals surface area (Å²) < 4.78 is 26.0. The number of pyridine rings is 1. The standard InChI is InChI=1S/C20H21N3O2S/c1-26(24,25)22-18-10-3-11-19-17(18)9-5-13-23(19)14-16-7-2-6-15-8-4-12-21-20(15)16/h2-4,6-8,10-12,22H,5,9,13-14H2,1H3. The first-order chi connectivity index (χ1) is 12.5. The maximum absolute atomic E-state index is 11.7. The zero-order valence-corrected chi connectivity index (χ0v) is 15.5. The molecule has 0 saturated heterocycles. The van der Waals surface area contributed by atoms with E-state index in [2.05, 4.69) is 44.9 Å². The fraction of sp³-hybridized carbons (Fsp3) is 0.250. The van der Waals surface area contributed by atoms with Crippen molar-refractivity contribution in [1.29, 1.82) is 0 Å². The number of anilines is 2. The van der Waals surface area contributed by atoms with Gasteiger partial charge in [0.15, 0.2) is 0 Å². The number of hydrogen-bond acceptors (Lipinski definition) is 4. The minimum absolute atomic E-state index is 0.686. The van der Waals surface area contributed by atoms with Crippen molar-refractivity contribution in [1.82, 2.24) is 4.98 Å². The first kappa shape index (κ1) is 16.8. The molecule has 134 valence electrons. The highest BCUT2D eigenvalue weighted by atomic mass is 32.2. The van der Waals surface area contributed by atoms with Crippen LogP contribution in [0.5, 0.6) is 0 Å². The lowest BCUT2D eigenvalue weighted by Gasteiger charge is -2.32. The monoisotopic (exact) mass is 367 g/mol. The molecule has 0 radical (unpaired) electrons. The normalized spacial score (nSPS) is 14.3. The average Bonchev–Trinajstić information content (AvgIpc) is 2.62. The number of nitrogens with zero attached hydrogens (tertiary/aromatic N) is 2. The van der Waals surface area contributed by atoms with Gasteiger partial charge in [0, 0.05) is 30.4 Å². The highest BCUT2D eigenvalue weighted by molar-refractivity contribution is 7.92. The molecule has 1 aliphatic rings. The molecule has 0 fully saturated rings. The number of sulfonamides is 1. The Kier molecular flexibility index (Phi) is 4.28. The second-order valence-corrected chi connectivity index (χ2v) is 8.44. The minimum Gasteiger partial charge on any atom is -0.367 e. The Labute approximate surface area is 153 Å². The highest BCUT2D eigenvalue weighted by Gasteiger charge is 2.21.